The van der Waals surface area contributed by atoms with Gasteiger partial charge in [0.2, 0.25) is 11.8 Å². The molecule has 0 aromatic heterocycles. The van der Waals surface area contributed by atoms with Crippen LogP contribution in [0.2, 0.25) is 0 Å². The lowest BCUT2D eigenvalue weighted by atomic mass is 9.89. The number of piperazine rings is 1. The minimum absolute atomic E-state index is 0.0248. The van der Waals surface area contributed by atoms with Crippen LogP contribution in [0.3, 0.4) is 0 Å². The van der Waals surface area contributed by atoms with Crippen LogP contribution < -0.4 is 32.4 Å². The summed E-state index contributed by atoms with van der Waals surface area (Å²) in [6.45, 7) is 4.71. The van der Waals surface area contributed by atoms with Crippen LogP contribution in [0.25, 0.3) is 0 Å². The first-order valence-corrected chi connectivity index (χ1v) is 13.9. The standard InChI is InChI=1S/C24H41F2N9O2/c25-15-9-29-21-18(20(27)32-35(21)12-15)22(36)31-17-11-28-10-16(26)19(17)33-6-1-14(2-7-33)23(37)34-8-5-30-24(13-34)3-4-24/h14-21,28-30,32H,1-13,27H2,(H,31,36). The van der Waals surface area contributed by atoms with Crippen molar-refractivity contribution in [3.05, 3.63) is 0 Å². The second-order valence-corrected chi connectivity index (χ2v) is 11.8. The Morgan fingerprint density at radius 3 is 2.59 bits per heavy atom. The zero-order valence-corrected chi connectivity index (χ0v) is 21.3. The van der Waals surface area contributed by atoms with Gasteiger partial charge in [0.05, 0.1) is 30.3 Å². The average molecular weight is 526 g/mol. The molecule has 1 spiro atoms. The Balaban J connectivity index is 1.06. The summed E-state index contributed by atoms with van der Waals surface area (Å²) in [6.07, 6.45) is 0.465. The normalized spacial score (nSPS) is 40.9. The number of fused-ring (bicyclic) bond motifs is 1. The maximum Gasteiger partial charge on any atom is 0.229 e. The number of hydrazine groups is 1. The molecule has 13 heteroatoms. The van der Waals surface area contributed by atoms with E-state index in [9.17, 15) is 14.0 Å². The van der Waals surface area contributed by atoms with E-state index in [2.05, 4.69) is 31.6 Å². The summed E-state index contributed by atoms with van der Waals surface area (Å²) in [5.74, 6) is -0.670. The summed E-state index contributed by atoms with van der Waals surface area (Å²) in [4.78, 5) is 30.7. The Morgan fingerprint density at radius 1 is 1.05 bits per heavy atom. The fourth-order valence-electron chi connectivity index (χ4n) is 7.08. The molecule has 1 saturated carbocycles. The highest BCUT2D eigenvalue weighted by molar-refractivity contribution is 5.81. The van der Waals surface area contributed by atoms with Crippen molar-refractivity contribution in [2.45, 2.75) is 68.0 Å². The maximum atomic E-state index is 15.3. The second kappa shape index (κ2) is 10.2. The number of carbonyl (C=O) groups is 2. The number of halogens is 2. The number of hydrogen-bond donors (Lipinski definition) is 6. The lowest BCUT2D eigenvalue weighted by molar-refractivity contribution is -0.139. The van der Waals surface area contributed by atoms with E-state index < -0.39 is 42.7 Å². The Hall–Kier alpha value is -1.48. The average Bonchev–Trinajstić information content (AvgIpc) is 3.54. The molecule has 6 aliphatic rings. The molecule has 6 fully saturated rings. The van der Waals surface area contributed by atoms with Crippen molar-refractivity contribution in [2.24, 2.45) is 17.6 Å². The molecule has 5 heterocycles. The molecule has 37 heavy (non-hydrogen) atoms. The van der Waals surface area contributed by atoms with Crippen LogP contribution in [-0.2, 0) is 9.59 Å². The minimum Gasteiger partial charge on any atom is -0.350 e. The van der Waals surface area contributed by atoms with Gasteiger partial charge < -0.3 is 26.6 Å². The Morgan fingerprint density at radius 2 is 1.84 bits per heavy atom. The highest BCUT2D eigenvalue weighted by Gasteiger charge is 2.50. The number of rotatable bonds is 4. The predicted molar refractivity (Wildman–Crippen MR) is 132 cm³/mol. The van der Waals surface area contributed by atoms with Crippen LogP contribution in [0, 0.1) is 11.8 Å². The van der Waals surface area contributed by atoms with E-state index in [1.54, 1.807) is 5.01 Å². The third-order valence-corrected chi connectivity index (χ3v) is 9.28. The molecule has 7 atom stereocenters. The third kappa shape index (κ3) is 5.11. The van der Waals surface area contributed by atoms with Crippen molar-refractivity contribution in [2.75, 3.05) is 58.9 Å². The van der Waals surface area contributed by atoms with Gasteiger partial charge in [0.1, 0.15) is 12.3 Å². The molecule has 0 aromatic rings. The number of carbonyl (C=O) groups excluding carboxylic acids is 2. The van der Waals surface area contributed by atoms with Crippen molar-refractivity contribution in [1.82, 2.24) is 41.5 Å². The molecular weight excluding hydrogens is 484 g/mol. The number of likely N-dealkylation sites (tertiary alicyclic amines) is 1. The maximum absolute atomic E-state index is 15.3. The first-order chi connectivity index (χ1) is 17.8. The zero-order chi connectivity index (χ0) is 25.7. The van der Waals surface area contributed by atoms with Gasteiger partial charge >= 0.3 is 0 Å². The van der Waals surface area contributed by atoms with E-state index >= 15 is 4.39 Å². The molecular formula is C24H41F2N9O2. The van der Waals surface area contributed by atoms with Crippen molar-refractivity contribution in [3.63, 3.8) is 0 Å². The lowest BCUT2D eigenvalue weighted by Crippen LogP contribution is -2.67. The molecule has 5 aliphatic heterocycles. The van der Waals surface area contributed by atoms with Crippen LogP contribution in [0.15, 0.2) is 0 Å². The number of nitrogens with two attached hydrogens (primary N) is 1. The van der Waals surface area contributed by atoms with Crippen LogP contribution in [-0.4, -0.2) is 128 Å². The highest BCUT2D eigenvalue weighted by Crippen LogP contribution is 2.38. The Kier molecular flexibility index (Phi) is 7.14. The Labute approximate surface area is 216 Å². The van der Waals surface area contributed by atoms with Crippen molar-refractivity contribution < 1.29 is 18.4 Å². The van der Waals surface area contributed by atoms with Crippen molar-refractivity contribution in [3.8, 4) is 0 Å². The number of piperidine rings is 2. The van der Waals surface area contributed by atoms with E-state index in [0.29, 0.717) is 32.5 Å². The molecule has 0 radical (unpaired) electrons. The number of nitrogens with zero attached hydrogens (tertiary/aromatic N) is 3. The smallest absolute Gasteiger partial charge is 0.229 e. The van der Waals surface area contributed by atoms with Gasteiger partial charge in [-0.25, -0.2) is 19.2 Å². The van der Waals surface area contributed by atoms with Gasteiger partial charge in [0, 0.05) is 57.3 Å². The summed E-state index contributed by atoms with van der Waals surface area (Å²) >= 11 is 0. The van der Waals surface area contributed by atoms with E-state index in [4.69, 9.17) is 5.73 Å². The van der Waals surface area contributed by atoms with Crippen molar-refractivity contribution >= 4 is 11.8 Å². The summed E-state index contributed by atoms with van der Waals surface area (Å²) in [7, 11) is 0. The first-order valence-electron chi connectivity index (χ1n) is 13.9. The molecule has 0 aromatic carbocycles. The van der Waals surface area contributed by atoms with Crippen molar-refractivity contribution in [1.29, 1.82) is 0 Å². The zero-order valence-electron chi connectivity index (χ0n) is 21.3. The minimum atomic E-state index is -1.14. The first kappa shape index (κ1) is 25.8. The third-order valence-electron chi connectivity index (χ3n) is 9.28. The van der Waals surface area contributed by atoms with Gasteiger partial charge in [-0.05, 0) is 38.8 Å². The highest BCUT2D eigenvalue weighted by atomic mass is 19.1. The molecule has 7 unspecified atom stereocenters. The molecule has 11 nitrogen and oxygen atoms in total. The largest absolute Gasteiger partial charge is 0.350 e. The molecule has 0 bridgehead atoms. The van der Waals surface area contributed by atoms with Gasteiger partial charge in [0.25, 0.3) is 0 Å². The summed E-state index contributed by atoms with van der Waals surface area (Å²) < 4.78 is 29.1. The number of amides is 2. The van der Waals surface area contributed by atoms with E-state index in [1.807, 2.05) is 4.90 Å². The fraction of sp³-hybridized carbons (Fsp3) is 0.917. The summed E-state index contributed by atoms with van der Waals surface area (Å²) in [5, 5.41) is 14.5. The topological polar surface area (TPSA) is 130 Å². The Bertz CT molecular complexity index is 871. The molecule has 6 rings (SSSR count). The van der Waals surface area contributed by atoms with E-state index in [0.717, 1.165) is 32.5 Å². The number of nitrogens with one attached hydrogen (secondary N) is 5. The van der Waals surface area contributed by atoms with Gasteiger partial charge in [-0.2, -0.15) is 0 Å². The van der Waals surface area contributed by atoms with Crippen LogP contribution in [0.4, 0.5) is 8.78 Å². The predicted octanol–water partition coefficient (Wildman–Crippen LogP) is -2.55. The van der Waals surface area contributed by atoms with Crippen LogP contribution in [0.1, 0.15) is 25.7 Å². The summed E-state index contributed by atoms with van der Waals surface area (Å²) in [6, 6.07) is -0.892. The van der Waals surface area contributed by atoms with Gasteiger partial charge in [-0.3, -0.25) is 19.8 Å². The number of alkyl halides is 2. The molecule has 5 saturated heterocycles. The molecule has 208 valence electrons. The lowest BCUT2D eigenvalue weighted by Gasteiger charge is -2.46. The molecule has 2 amide bonds. The van der Waals surface area contributed by atoms with E-state index in [-0.39, 0.29) is 42.9 Å². The van der Waals surface area contributed by atoms with Gasteiger partial charge in [0.15, 0.2) is 0 Å². The number of hydrogen-bond acceptors (Lipinski definition) is 9. The monoisotopic (exact) mass is 525 g/mol. The molecule has 1 aliphatic carbocycles. The van der Waals surface area contributed by atoms with Gasteiger partial charge in [-0.1, -0.05) is 0 Å². The molecule has 7 N–H and O–H groups in total. The van der Waals surface area contributed by atoms with E-state index in [1.165, 1.54) is 0 Å². The quantitative estimate of drug-likeness (QED) is 0.235. The van der Waals surface area contributed by atoms with Crippen LogP contribution in [0.5, 0.6) is 0 Å². The summed E-state index contributed by atoms with van der Waals surface area (Å²) in [5.41, 5.74) is 9.36. The van der Waals surface area contributed by atoms with Gasteiger partial charge in [-0.15, -0.1) is 0 Å². The SMILES string of the molecule is NC1NN2CC(F)CNC2C1C(=O)NC1CNCC(F)C1N1CCC(C(=O)N2CCNC3(CC3)C2)CC1. The fourth-order valence-corrected chi connectivity index (χ4v) is 7.08. The van der Waals surface area contributed by atoms with Crippen LogP contribution >= 0.6 is 0 Å². The second-order valence-electron chi connectivity index (χ2n) is 11.8.